The van der Waals surface area contributed by atoms with Gasteiger partial charge in [-0.3, -0.25) is 13.9 Å². The fourth-order valence-electron chi connectivity index (χ4n) is 2.97. The van der Waals surface area contributed by atoms with Gasteiger partial charge in [-0.15, -0.1) is 0 Å². The smallest absolute Gasteiger partial charge is 0.369 e. The number of hydrogen-bond acceptors (Lipinski definition) is 7. The molecule has 34 heavy (non-hydrogen) atoms. The Bertz CT molecular complexity index is 1230. The first kappa shape index (κ1) is 25.1. The van der Waals surface area contributed by atoms with Gasteiger partial charge in [0.1, 0.15) is 35.4 Å². The van der Waals surface area contributed by atoms with Crippen LogP contribution in [0.3, 0.4) is 0 Å². The molecular weight excluding hydrogens is 485 g/mol. The molecule has 9 nitrogen and oxygen atoms in total. The van der Waals surface area contributed by atoms with E-state index in [1.165, 1.54) is 14.0 Å². The lowest BCUT2D eigenvalue weighted by Crippen LogP contribution is -2.51. The van der Waals surface area contributed by atoms with Crippen molar-refractivity contribution >= 4 is 33.7 Å². The van der Waals surface area contributed by atoms with E-state index in [-0.39, 0.29) is 23.0 Å². The zero-order chi connectivity index (χ0) is 25.4. The maximum Gasteiger partial charge on any atom is 0.408 e. The van der Waals surface area contributed by atoms with Gasteiger partial charge in [0.05, 0.1) is 17.1 Å². The number of aryl methyl sites for hydroxylation is 1. The van der Waals surface area contributed by atoms with Crippen molar-refractivity contribution in [3.63, 3.8) is 0 Å². The summed E-state index contributed by atoms with van der Waals surface area (Å²) in [5, 5.41) is 1.39. The number of aliphatic imine (C=N–C) groups is 1. The average molecular weight is 503 g/mol. The number of carbonyl (C=O) groups is 2. The van der Waals surface area contributed by atoms with Crippen molar-refractivity contribution < 1.29 is 31.5 Å². The van der Waals surface area contributed by atoms with Crippen LogP contribution in [0.4, 0.5) is 27.8 Å². The van der Waals surface area contributed by atoms with Gasteiger partial charge in [-0.2, -0.15) is 13.2 Å². The van der Waals surface area contributed by atoms with Crippen molar-refractivity contribution in [2.24, 2.45) is 15.1 Å². The monoisotopic (exact) mass is 503 g/mol. The van der Waals surface area contributed by atoms with Crippen LogP contribution in [-0.2, 0) is 21.2 Å². The van der Waals surface area contributed by atoms with Crippen molar-refractivity contribution in [2.45, 2.75) is 25.6 Å². The molecule has 182 valence electrons. The molecule has 3 rings (SSSR count). The normalized spacial score (nSPS) is 20.9. The van der Waals surface area contributed by atoms with Gasteiger partial charge < -0.3 is 11.1 Å². The van der Waals surface area contributed by atoms with E-state index in [0.717, 1.165) is 35.6 Å². The van der Waals surface area contributed by atoms with Crippen LogP contribution in [0, 0.1) is 18.6 Å². The SMILES string of the molecule is Cc1cc(F)cnc1C(=O)Nc1ccc(F)c([C@@]2(C)N=C(N)N(C)[S@@](=NCC(F)(F)F)C2=O)n1. The number of pyridine rings is 2. The van der Waals surface area contributed by atoms with Gasteiger partial charge in [-0.25, -0.2) is 28.1 Å². The van der Waals surface area contributed by atoms with E-state index >= 15 is 0 Å². The Morgan fingerprint density at radius 1 is 1.32 bits per heavy atom. The number of nitrogens with one attached hydrogen (secondary N) is 1. The molecule has 0 radical (unpaired) electrons. The summed E-state index contributed by atoms with van der Waals surface area (Å²) in [5.74, 6) is -3.00. The van der Waals surface area contributed by atoms with E-state index in [4.69, 9.17) is 5.73 Å². The molecule has 0 bridgehead atoms. The molecule has 0 unspecified atom stereocenters. The van der Waals surface area contributed by atoms with Crippen LogP contribution in [0.2, 0.25) is 0 Å². The Balaban J connectivity index is 2.01. The lowest BCUT2D eigenvalue weighted by Gasteiger charge is -2.34. The van der Waals surface area contributed by atoms with Gasteiger partial charge in [0, 0.05) is 7.05 Å². The highest BCUT2D eigenvalue weighted by Gasteiger charge is 2.47. The van der Waals surface area contributed by atoms with E-state index in [0.29, 0.717) is 0 Å². The number of halogens is 5. The van der Waals surface area contributed by atoms with Gasteiger partial charge in [-0.1, -0.05) is 0 Å². The Morgan fingerprint density at radius 3 is 2.62 bits per heavy atom. The Labute approximate surface area is 192 Å². The zero-order valence-corrected chi connectivity index (χ0v) is 18.8. The number of rotatable bonds is 4. The first-order chi connectivity index (χ1) is 15.7. The van der Waals surface area contributed by atoms with Gasteiger partial charge in [0.15, 0.2) is 5.54 Å². The van der Waals surface area contributed by atoms with Gasteiger partial charge in [-0.05, 0) is 37.6 Å². The Morgan fingerprint density at radius 2 is 2.00 bits per heavy atom. The highest BCUT2D eigenvalue weighted by Crippen LogP contribution is 2.34. The second kappa shape index (κ2) is 9.04. The third kappa shape index (κ3) is 5.03. The molecule has 15 heteroatoms. The number of aromatic nitrogens is 2. The zero-order valence-electron chi connectivity index (χ0n) is 17.9. The van der Waals surface area contributed by atoms with Crippen molar-refractivity contribution in [1.82, 2.24) is 14.3 Å². The molecular formula is C19H18F5N7O2S. The van der Waals surface area contributed by atoms with Crippen molar-refractivity contribution in [3.8, 4) is 0 Å². The average Bonchev–Trinajstić information content (AvgIpc) is 2.72. The van der Waals surface area contributed by atoms with Crippen molar-refractivity contribution in [2.75, 3.05) is 18.9 Å². The van der Waals surface area contributed by atoms with E-state index in [1.807, 2.05) is 0 Å². The largest absolute Gasteiger partial charge is 0.408 e. The number of alkyl halides is 3. The predicted molar refractivity (Wildman–Crippen MR) is 114 cm³/mol. The predicted octanol–water partition coefficient (Wildman–Crippen LogP) is 2.60. The standard InChI is InChI=1S/C19H18F5N7O2S/c1-9-6-10(20)7-26-13(9)15(32)29-12-5-4-11(21)14(28-12)18(2)16(33)34(27-8-19(22,23)24)31(3)17(25)30-18/h4-7H,8H2,1-3H3,(H2,25,30)(H,28,29,32)/t18-,34-/m1/s1. The fourth-order valence-corrected chi connectivity index (χ4v) is 4.50. The van der Waals surface area contributed by atoms with E-state index in [9.17, 15) is 31.5 Å². The molecule has 2 atom stereocenters. The number of nitrogens with zero attached hydrogens (tertiary/aromatic N) is 5. The summed E-state index contributed by atoms with van der Waals surface area (Å²) in [6.07, 6.45) is -3.83. The second-order valence-electron chi connectivity index (χ2n) is 7.29. The maximum atomic E-state index is 14.8. The molecule has 3 N–H and O–H groups in total. The van der Waals surface area contributed by atoms with E-state index < -0.39 is 57.5 Å². The highest BCUT2D eigenvalue weighted by atomic mass is 32.2. The molecule has 2 aromatic rings. The van der Waals surface area contributed by atoms with Crippen LogP contribution >= 0.6 is 0 Å². The van der Waals surface area contributed by atoms with Crippen LogP contribution in [0.1, 0.15) is 28.7 Å². The number of guanidine groups is 1. The first-order valence-electron chi connectivity index (χ1n) is 9.45. The Kier molecular flexibility index (Phi) is 6.68. The number of anilines is 1. The molecule has 3 heterocycles. The fraction of sp³-hybridized carbons (Fsp3) is 0.316. The number of nitrogens with two attached hydrogens (primary N) is 1. The summed E-state index contributed by atoms with van der Waals surface area (Å²) in [4.78, 5) is 37.3. The van der Waals surface area contributed by atoms with Crippen LogP contribution in [0.25, 0.3) is 0 Å². The molecule has 0 saturated carbocycles. The van der Waals surface area contributed by atoms with Gasteiger partial charge in [0.2, 0.25) is 5.96 Å². The number of hydrogen-bond donors (Lipinski definition) is 2. The minimum absolute atomic E-state index is 0.120. The quantitative estimate of drug-likeness (QED) is 0.618. The molecule has 0 saturated heterocycles. The van der Waals surface area contributed by atoms with Gasteiger partial charge in [0.25, 0.3) is 11.0 Å². The van der Waals surface area contributed by atoms with E-state index in [1.54, 1.807) is 0 Å². The molecule has 1 aliphatic heterocycles. The van der Waals surface area contributed by atoms with Gasteiger partial charge >= 0.3 is 6.18 Å². The third-order valence-electron chi connectivity index (χ3n) is 4.66. The summed E-state index contributed by atoms with van der Waals surface area (Å²) < 4.78 is 70.4. The van der Waals surface area contributed by atoms with Crippen LogP contribution < -0.4 is 11.1 Å². The summed E-state index contributed by atoms with van der Waals surface area (Å²) >= 11 is 0. The minimum atomic E-state index is -4.67. The lowest BCUT2D eigenvalue weighted by molar-refractivity contribution is -0.118. The summed E-state index contributed by atoms with van der Waals surface area (Å²) in [7, 11) is -0.803. The number of carbonyl (C=O) groups excluding carboxylic acids is 2. The molecule has 2 aromatic heterocycles. The van der Waals surface area contributed by atoms with Crippen LogP contribution in [0.5, 0.6) is 0 Å². The Hall–Kier alpha value is -3.49. The summed E-state index contributed by atoms with van der Waals surface area (Å²) in [6, 6.07) is 3.09. The minimum Gasteiger partial charge on any atom is -0.369 e. The molecule has 1 aliphatic rings. The van der Waals surface area contributed by atoms with E-state index in [2.05, 4.69) is 24.6 Å². The molecule has 0 fully saturated rings. The number of amides is 1. The topological polar surface area (TPSA) is 126 Å². The molecule has 0 aliphatic carbocycles. The molecule has 0 spiro atoms. The second-order valence-corrected chi connectivity index (χ2v) is 9.00. The highest BCUT2D eigenvalue weighted by molar-refractivity contribution is 8.01. The summed E-state index contributed by atoms with van der Waals surface area (Å²) in [5.41, 5.74) is 3.20. The van der Waals surface area contributed by atoms with Crippen LogP contribution in [-0.4, -0.2) is 51.0 Å². The summed E-state index contributed by atoms with van der Waals surface area (Å²) in [6.45, 7) is 0.975. The maximum absolute atomic E-state index is 14.8. The third-order valence-corrected chi connectivity index (χ3v) is 6.47. The van der Waals surface area contributed by atoms with Crippen LogP contribution in [0.15, 0.2) is 33.8 Å². The van der Waals surface area contributed by atoms with Crippen molar-refractivity contribution in [3.05, 3.63) is 53.0 Å². The van der Waals surface area contributed by atoms with Crippen molar-refractivity contribution in [1.29, 1.82) is 0 Å². The molecule has 1 amide bonds. The lowest BCUT2D eigenvalue weighted by atomic mass is 9.99. The first-order valence-corrected chi connectivity index (χ1v) is 10.6. The molecule has 0 aromatic carbocycles.